The molecule has 2 nitrogen and oxygen atoms in total. The maximum atomic E-state index is 13.4. The van der Waals surface area contributed by atoms with Crippen LogP contribution in [0.1, 0.15) is 51.1 Å². The van der Waals surface area contributed by atoms with Gasteiger partial charge in [-0.15, -0.1) is 0 Å². The molecule has 1 aliphatic rings. The fourth-order valence-corrected chi connectivity index (χ4v) is 4.01. The molecule has 1 aromatic carbocycles. The van der Waals surface area contributed by atoms with Crippen molar-refractivity contribution in [1.82, 2.24) is 10.2 Å². The lowest BCUT2D eigenvalue weighted by atomic mass is 9.88. The van der Waals surface area contributed by atoms with Crippen LogP contribution in [0.3, 0.4) is 0 Å². The number of unbranched alkanes of at least 4 members (excludes halogenated alkanes) is 1. The fourth-order valence-electron chi connectivity index (χ4n) is 3.82. The van der Waals surface area contributed by atoms with Crippen LogP contribution in [0.15, 0.2) is 30.4 Å². The lowest BCUT2D eigenvalue weighted by Crippen LogP contribution is -2.43. The molecule has 143 valence electrons. The Hall–Kier alpha value is -0.835. The lowest BCUT2D eigenvalue weighted by Gasteiger charge is -2.38. The number of halogens is 2. The molecule has 1 N–H and O–H groups in total. The maximum absolute atomic E-state index is 13.4. The van der Waals surface area contributed by atoms with Crippen LogP contribution >= 0.6 is 11.6 Å². The third-order valence-electron chi connectivity index (χ3n) is 5.51. The Morgan fingerprint density at radius 1 is 1.35 bits per heavy atom. The van der Waals surface area contributed by atoms with Gasteiger partial charge in [0.05, 0.1) is 12.9 Å². The third-order valence-corrected chi connectivity index (χ3v) is 5.80. The van der Waals surface area contributed by atoms with Crippen molar-refractivity contribution in [3.8, 4) is 0 Å². The lowest BCUT2D eigenvalue weighted by molar-refractivity contribution is 0.130. The first-order valence-corrected chi connectivity index (χ1v) is 10.3. The zero-order chi connectivity index (χ0) is 18.9. The Labute approximate surface area is 164 Å². The van der Waals surface area contributed by atoms with E-state index in [0.29, 0.717) is 12.0 Å². The molecular formula is C21H32BClFN2. The standard InChI is InChI=1S/C21H32BClFN2/c1-3-6-21(25-12-5-4-11-22)17-9-13-26(14-10-17)16(2)18-7-8-20(24)19(23)15-18/h3,6-8,15-17,21-22,25H,4-5,9-14H2,1-2H3/b6-3+. The largest absolute Gasteiger partial charge is 0.310 e. The molecule has 0 spiro atoms. The molecule has 1 aromatic rings. The van der Waals surface area contributed by atoms with Crippen molar-refractivity contribution < 1.29 is 4.39 Å². The van der Waals surface area contributed by atoms with E-state index in [-0.39, 0.29) is 16.9 Å². The van der Waals surface area contributed by atoms with Gasteiger partial charge < -0.3 is 5.32 Å². The number of hydrogen-bond acceptors (Lipinski definition) is 2. The Balaban J connectivity index is 1.88. The van der Waals surface area contributed by atoms with E-state index in [0.717, 1.165) is 31.5 Å². The Morgan fingerprint density at radius 3 is 2.69 bits per heavy atom. The van der Waals surface area contributed by atoms with Crippen molar-refractivity contribution in [3.05, 3.63) is 46.8 Å². The van der Waals surface area contributed by atoms with Gasteiger partial charge in [0.2, 0.25) is 0 Å². The molecule has 2 unspecified atom stereocenters. The van der Waals surface area contributed by atoms with E-state index in [1.54, 1.807) is 6.07 Å². The second kappa shape index (κ2) is 11.1. The quantitative estimate of drug-likeness (QED) is 0.374. The minimum atomic E-state index is -0.347. The summed E-state index contributed by atoms with van der Waals surface area (Å²) in [5.74, 6) is 0.326. The van der Waals surface area contributed by atoms with Crippen LogP contribution in [0, 0.1) is 11.7 Å². The molecule has 5 heteroatoms. The molecule has 1 heterocycles. The first kappa shape index (κ1) is 21.5. The van der Waals surface area contributed by atoms with Crippen LogP contribution in [0.5, 0.6) is 0 Å². The van der Waals surface area contributed by atoms with E-state index in [4.69, 9.17) is 11.6 Å². The van der Waals surface area contributed by atoms with Crippen molar-refractivity contribution in [2.75, 3.05) is 19.6 Å². The topological polar surface area (TPSA) is 15.3 Å². The molecule has 2 rings (SSSR count). The first-order valence-electron chi connectivity index (χ1n) is 9.91. The molecule has 0 aromatic heterocycles. The molecule has 1 fully saturated rings. The van der Waals surface area contributed by atoms with E-state index in [2.05, 4.69) is 44.1 Å². The molecule has 26 heavy (non-hydrogen) atoms. The summed E-state index contributed by atoms with van der Waals surface area (Å²) >= 11 is 5.95. The van der Waals surface area contributed by atoms with Gasteiger partial charge in [-0.1, -0.05) is 42.6 Å². The van der Waals surface area contributed by atoms with Gasteiger partial charge in [0.1, 0.15) is 5.82 Å². The van der Waals surface area contributed by atoms with E-state index < -0.39 is 0 Å². The van der Waals surface area contributed by atoms with Crippen molar-refractivity contribution >= 4 is 19.4 Å². The number of likely N-dealkylation sites (tertiary alicyclic amines) is 1. The summed E-state index contributed by atoms with van der Waals surface area (Å²) < 4.78 is 13.4. The number of allylic oxidation sites excluding steroid dienone is 1. The van der Waals surface area contributed by atoms with Gasteiger partial charge in [0.15, 0.2) is 0 Å². The second-order valence-electron chi connectivity index (χ2n) is 7.29. The van der Waals surface area contributed by atoms with E-state index >= 15 is 0 Å². The van der Waals surface area contributed by atoms with Gasteiger partial charge in [0.25, 0.3) is 0 Å². The van der Waals surface area contributed by atoms with Gasteiger partial charge in [-0.2, -0.15) is 0 Å². The SMILES string of the molecule is [BH]CCCCNC(/C=C/C)C1CCN(C(C)c2ccc(F)c(Cl)c2)CC1. The molecule has 0 bridgehead atoms. The molecule has 1 saturated heterocycles. The summed E-state index contributed by atoms with van der Waals surface area (Å²) in [6, 6.07) is 5.81. The number of benzene rings is 1. The van der Waals surface area contributed by atoms with E-state index in [9.17, 15) is 4.39 Å². The summed E-state index contributed by atoms with van der Waals surface area (Å²) in [5.41, 5.74) is 1.09. The smallest absolute Gasteiger partial charge is 0.141 e. The predicted molar refractivity (Wildman–Crippen MR) is 112 cm³/mol. The number of hydrogen-bond donors (Lipinski definition) is 1. The van der Waals surface area contributed by atoms with Crippen LogP contribution in [-0.4, -0.2) is 38.4 Å². The van der Waals surface area contributed by atoms with E-state index in [1.165, 1.54) is 31.7 Å². The van der Waals surface area contributed by atoms with Gasteiger partial charge >= 0.3 is 0 Å². The predicted octanol–water partition coefficient (Wildman–Crippen LogP) is 4.89. The van der Waals surface area contributed by atoms with Gasteiger partial charge in [-0.05, 0) is 76.4 Å². The molecule has 1 radical (unpaired) electrons. The van der Waals surface area contributed by atoms with Crippen LogP contribution in [0.4, 0.5) is 4.39 Å². The van der Waals surface area contributed by atoms with Crippen molar-refractivity contribution in [1.29, 1.82) is 0 Å². The summed E-state index contributed by atoms with van der Waals surface area (Å²) in [6.45, 7) is 7.48. The Morgan fingerprint density at radius 2 is 2.08 bits per heavy atom. The zero-order valence-electron chi connectivity index (χ0n) is 16.2. The summed E-state index contributed by atoms with van der Waals surface area (Å²) in [7, 11) is 3.91. The number of piperidine rings is 1. The molecule has 2 atom stereocenters. The summed E-state index contributed by atoms with van der Waals surface area (Å²) in [6.07, 6.45) is 10.2. The van der Waals surface area contributed by atoms with Gasteiger partial charge in [-0.25, -0.2) is 4.39 Å². The minimum absolute atomic E-state index is 0.212. The molecule has 0 amide bonds. The van der Waals surface area contributed by atoms with Crippen LogP contribution in [0.2, 0.25) is 11.3 Å². The third kappa shape index (κ3) is 6.11. The Bertz CT molecular complexity index is 573. The fraction of sp³-hybridized carbons (Fsp3) is 0.619. The second-order valence-corrected chi connectivity index (χ2v) is 7.70. The average Bonchev–Trinajstić information content (AvgIpc) is 2.66. The highest BCUT2D eigenvalue weighted by molar-refractivity contribution is 6.30. The zero-order valence-corrected chi connectivity index (χ0v) is 16.9. The van der Waals surface area contributed by atoms with Crippen LogP contribution in [0.25, 0.3) is 0 Å². The number of rotatable bonds is 9. The van der Waals surface area contributed by atoms with Crippen molar-refractivity contribution in [2.45, 2.75) is 57.9 Å². The van der Waals surface area contributed by atoms with Crippen LogP contribution in [-0.2, 0) is 0 Å². The number of nitrogens with one attached hydrogen (secondary N) is 1. The molecule has 0 aliphatic carbocycles. The highest BCUT2D eigenvalue weighted by atomic mass is 35.5. The highest BCUT2D eigenvalue weighted by Crippen LogP contribution is 2.30. The van der Waals surface area contributed by atoms with Gasteiger partial charge in [0, 0.05) is 12.1 Å². The van der Waals surface area contributed by atoms with Crippen LogP contribution < -0.4 is 5.32 Å². The molecular weight excluding hydrogens is 346 g/mol. The summed E-state index contributed by atoms with van der Waals surface area (Å²) in [4.78, 5) is 2.48. The van der Waals surface area contributed by atoms with Crippen molar-refractivity contribution in [3.63, 3.8) is 0 Å². The normalized spacial score (nSPS) is 19.1. The maximum Gasteiger partial charge on any atom is 0.141 e. The molecule has 1 aliphatic heterocycles. The molecule has 0 saturated carbocycles. The monoisotopic (exact) mass is 377 g/mol. The summed E-state index contributed by atoms with van der Waals surface area (Å²) in [5, 5.41) is 3.93. The Kier molecular flexibility index (Phi) is 9.17. The van der Waals surface area contributed by atoms with Gasteiger partial charge in [-0.3, -0.25) is 4.90 Å². The van der Waals surface area contributed by atoms with E-state index in [1.807, 2.05) is 6.07 Å². The minimum Gasteiger partial charge on any atom is -0.310 e. The average molecular weight is 378 g/mol. The highest BCUT2D eigenvalue weighted by Gasteiger charge is 2.27. The first-order chi connectivity index (χ1) is 12.6. The number of nitrogens with zero attached hydrogens (tertiary/aromatic N) is 1. The van der Waals surface area contributed by atoms with Crippen molar-refractivity contribution in [2.24, 2.45) is 5.92 Å².